The Balaban J connectivity index is 2.35. The lowest BCUT2D eigenvalue weighted by Crippen LogP contribution is -2.32. The summed E-state index contributed by atoms with van der Waals surface area (Å²) >= 11 is 0. The molecule has 1 aliphatic heterocycles. The molecule has 0 saturated carbocycles. The van der Waals surface area contributed by atoms with Crippen molar-refractivity contribution in [3.63, 3.8) is 0 Å². The fourth-order valence-corrected chi connectivity index (χ4v) is 1.46. The van der Waals surface area contributed by atoms with Crippen molar-refractivity contribution in [2.24, 2.45) is 0 Å². The van der Waals surface area contributed by atoms with Gasteiger partial charge in [0.05, 0.1) is 18.8 Å². The van der Waals surface area contributed by atoms with E-state index in [0.29, 0.717) is 19.3 Å². The molecule has 0 amide bonds. The quantitative estimate of drug-likeness (QED) is 0.542. The normalized spacial score (nSPS) is 16.9. The van der Waals surface area contributed by atoms with E-state index in [-0.39, 0.29) is 5.46 Å². The summed E-state index contributed by atoms with van der Waals surface area (Å²) in [6.45, 7) is 0.646. The van der Waals surface area contributed by atoms with Crippen molar-refractivity contribution in [2.45, 2.75) is 6.18 Å². The fraction of sp³-hybridized carbons (Fsp3) is 0.333. The number of hydrogen-bond donors (Lipinski definition) is 0. The third-order valence-corrected chi connectivity index (χ3v) is 2.19. The zero-order valence-electron chi connectivity index (χ0n) is 8.05. The van der Waals surface area contributed by atoms with Gasteiger partial charge in [0.2, 0.25) is 0 Å². The highest BCUT2D eigenvalue weighted by Crippen LogP contribution is 2.30. The fourth-order valence-electron chi connectivity index (χ4n) is 1.46. The Hall–Kier alpha value is -1.08. The topological polar surface area (TPSA) is 18.5 Å². The van der Waals surface area contributed by atoms with E-state index in [4.69, 9.17) is 9.31 Å². The molecule has 1 fully saturated rings. The summed E-state index contributed by atoms with van der Waals surface area (Å²) in [5, 5.41) is 0. The average molecular weight is 234 g/mol. The Kier molecular flexibility index (Phi) is 2.90. The highest BCUT2D eigenvalue weighted by Gasteiger charge is 2.36. The van der Waals surface area contributed by atoms with Crippen LogP contribution in [0.1, 0.15) is 5.56 Å². The second-order valence-electron chi connectivity index (χ2n) is 3.31. The maximum Gasteiger partial charge on any atom is 0.494 e. The lowest BCUT2D eigenvalue weighted by molar-refractivity contribution is -0.139. The van der Waals surface area contributed by atoms with Crippen LogP contribution in [0.4, 0.5) is 17.6 Å². The molecule has 0 atom stereocenters. The monoisotopic (exact) mass is 234 g/mol. The van der Waals surface area contributed by atoms with Crippen molar-refractivity contribution in [1.82, 2.24) is 0 Å². The molecule has 0 aliphatic carbocycles. The van der Waals surface area contributed by atoms with Gasteiger partial charge in [0.15, 0.2) is 0 Å². The molecule has 0 unspecified atom stereocenters. The first-order chi connectivity index (χ1) is 7.48. The highest BCUT2D eigenvalue weighted by molar-refractivity contribution is 6.61. The summed E-state index contributed by atoms with van der Waals surface area (Å²) < 4.78 is 60.2. The van der Waals surface area contributed by atoms with E-state index in [2.05, 4.69) is 0 Å². The van der Waals surface area contributed by atoms with Gasteiger partial charge in [0.25, 0.3) is 0 Å². The molecular weight excluding hydrogens is 227 g/mol. The van der Waals surface area contributed by atoms with Crippen molar-refractivity contribution in [3.8, 4) is 0 Å². The molecule has 0 bridgehead atoms. The van der Waals surface area contributed by atoms with Crippen molar-refractivity contribution in [3.05, 3.63) is 29.6 Å². The van der Waals surface area contributed by atoms with Crippen molar-refractivity contribution in [2.75, 3.05) is 13.2 Å². The smallest absolute Gasteiger partial charge is 0.405 e. The molecule has 0 spiro atoms. The van der Waals surface area contributed by atoms with Gasteiger partial charge in [-0.1, -0.05) is 6.07 Å². The van der Waals surface area contributed by atoms with Gasteiger partial charge in [0.1, 0.15) is 5.82 Å². The molecule has 1 heterocycles. The van der Waals surface area contributed by atoms with Crippen LogP contribution < -0.4 is 5.46 Å². The lowest BCUT2D eigenvalue weighted by atomic mass is 9.78. The molecule has 2 nitrogen and oxygen atoms in total. The summed E-state index contributed by atoms with van der Waals surface area (Å²) in [6.07, 6.45) is -4.71. The van der Waals surface area contributed by atoms with Crippen molar-refractivity contribution >= 4 is 12.6 Å². The van der Waals surface area contributed by atoms with Gasteiger partial charge >= 0.3 is 13.3 Å². The zero-order chi connectivity index (χ0) is 11.8. The van der Waals surface area contributed by atoms with E-state index in [9.17, 15) is 17.6 Å². The largest absolute Gasteiger partial charge is 0.494 e. The van der Waals surface area contributed by atoms with Gasteiger partial charge in [-0.25, -0.2) is 4.39 Å². The maximum absolute atomic E-state index is 13.0. The number of halogens is 4. The van der Waals surface area contributed by atoms with Gasteiger partial charge in [-0.3, -0.25) is 0 Å². The Bertz CT molecular complexity index is 388. The van der Waals surface area contributed by atoms with Gasteiger partial charge in [-0.15, -0.1) is 0 Å². The van der Waals surface area contributed by atoms with Gasteiger partial charge in [0, 0.05) is 0 Å². The first kappa shape index (κ1) is 11.4. The average Bonchev–Trinajstić information content (AvgIpc) is 2.69. The van der Waals surface area contributed by atoms with Crippen LogP contribution in [0, 0.1) is 5.82 Å². The van der Waals surface area contributed by atoms with Crippen LogP contribution in [0.3, 0.4) is 0 Å². The van der Waals surface area contributed by atoms with E-state index >= 15 is 0 Å². The summed E-state index contributed by atoms with van der Waals surface area (Å²) in [4.78, 5) is 0. The molecule has 0 aromatic heterocycles. The predicted molar refractivity (Wildman–Crippen MR) is 48.7 cm³/mol. The standard InChI is InChI=1S/C9H7BF4O2/c11-8-2-1-6(10-15-3-4-16-10)5-7(8)9(12,13)14/h1-2,5H,3-4H2. The van der Waals surface area contributed by atoms with Gasteiger partial charge in [-0.2, -0.15) is 13.2 Å². The first-order valence-electron chi connectivity index (χ1n) is 4.58. The molecule has 2 rings (SSSR count). The molecule has 0 N–H and O–H groups in total. The summed E-state index contributed by atoms with van der Waals surface area (Å²) in [6, 6.07) is 2.70. The minimum absolute atomic E-state index is 0.172. The highest BCUT2D eigenvalue weighted by atomic mass is 19.4. The van der Waals surface area contributed by atoms with Crippen LogP contribution in [0.2, 0.25) is 0 Å². The van der Waals surface area contributed by atoms with Crippen LogP contribution in [0.15, 0.2) is 18.2 Å². The third kappa shape index (κ3) is 2.20. The molecular formula is C9H7BF4O2. The van der Waals surface area contributed by atoms with E-state index in [0.717, 1.165) is 6.07 Å². The van der Waals surface area contributed by atoms with Gasteiger partial charge < -0.3 is 9.31 Å². The molecule has 7 heteroatoms. The second-order valence-corrected chi connectivity index (χ2v) is 3.31. The molecule has 1 saturated heterocycles. The molecule has 16 heavy (non-hydrogen) atoms. The first-order valence-corrected chi connectivity index (χ1v) is 4.58. The molecule has 0 radical (unpaired) electrons. The van der Waals surface area contributed by atoms with E-state index in [1.165, 1.54) is 6.07 Å². The summed E-state index contributed by atoms with van der Waals surface area (Å²) in [5.74, 6) is -1.30. The molecule has 86 valence electrons. The van der Waals surface area contributed by atoms with Crippen LogP contribution in [-0.4, -0.2) is 20.3 Å². The van der Waals surface area contributed by atoms with Crippen LogP contribution in [0.5, 0.6) is 0 Å². The van der Waals surface area contributed by atoms with E-state index in [1.807, 2.05) is 0 Å². The minimum atomic E-state index is -4.71. The number of benzene rings is 1. The van der Waals surface area contributed by atoms with Crippen molar-refractivity contribution < 1.29 is 26.9 Å². The zero-order valence-corrected chi connectivity index (χ0v) is 8.05. The number of hydrogen-bond acceptors (Lipinski definition) is 2. The SMILES string of the molecule is Fc1ccc(B2OCCO2)cc1C(F)(F)F. The van der Waals surface area contributed by atoms with Crippen LogP contribution in [-0.2, 0) is 15.5 Å². The van der Waals surface area contributed by atoms with Crippen molar-refractivity contribution in [1.29, 1.82) is 0 Å². The molecule has 1 aromatic rings. The second kappa shape index (κ2) is 4.06. The molecule has 1 aromatic carbocycles. The third-order valence-electron chi connectivity index (χ3n) is 2.19. The van der Waals surface area contributed by atoms with E-state index < -0.39 is 24.7 Å². The summed E-state index contributed by atoms with van der Waals surface area (Å²) in [7, 11) is -0.832. The number of rotatable bonds is 1. The lowest BCUT2D eigenvalue weighted by Gasteiger charge is -2.10. The van der Waals surface area contributed by atoms with Gasteiger partial charge in [-0.05, 0) is 17.6 Å². The minimum Gasteiger partial charge on any atom is -0.405 e. The number of alkyl halides is 3. The maximum atomic E-state index is 13.0. The molecule has 1 aliphatic rings. The summed E-state index contributed by atoms with van der Waals surface area (Å²) in [5.41, 5.74) is -1.13. The van der Waals surface area contributed by atoms with Crippen LogP contribution in [0.25, 0.3) is 0 Å². The predicted octanol–water partition coefficient (Wildman–Crippen LogP) is 1.59. The van der Waals surface area contributed by atoms with Crippen LogP contribution >= 0.6 is 0 Å². The Morgan fingerprint density at radius 1 is 1.12 bits per heavy atom. The van der Waals surface area contributed by atoms with E-state index in [1.54, 1.807) is 0 Å². The Morgan fingerprint density at radius 3 is 2.31 bits per heavy atom. The Morgan fingerprint density at radius 2 is 1.75 bits per heavy atom. The Labute approximate surface area is 89.3 Å².